The Balaban J connectivity index is 2.19. The predicted octanol–water partition coefficient (Wildman–Crippen LogP) is 3.80. The Hall–Kier alpha value is -1.68. The second-order valence-electron chi connectivity index (χ2n) is 5.27. The third-order valence-electron chi connectivity index (χ3n) is 3.20. The lowest BCUT2D eigenvalue weighted by molar-refractivity contribution is 0.577. The van der Waals surface area contributed by atoms with Gasteiger partial charge in [-0.3, -0.25) is 0 Å². The number of nitrogens with one attached hydrogen (secondary N) is 1. The van der Waals surface area contributed by atoms with E-state index < -0.39 is 0 Å². The van der Waals surface area contributed by atoms with Crippen LogP contribution in [0.2, 0.25) is 5.02 Å². The van der Waals surface area contributed by atoms with Crippen LogP contribution >= 0.6 is 11.6 Å². The maximum atomic E-state index is 6.27. The summed E-state index contributed by atoms with van der Waals surface area (Å²) in [6.45, 7) is 5.02. The molecule has 0 aliphatic rings. The first-order valence-corrected chi connectivity index (χ1v) is 7.09. The van der Waals surface area contributed by atoms with Crippen molar-refractivity contribution in [2.75, 3.05) is 24.3 Å². The first-order valence-electron chi connectivity index (χ1n) is 6.71. The van der Waals surface area contributed by atoms with Crippen molar-refractivity contribution in [3.63, 3.8) is 0 Å². The summed E-state index contributed by atoms with van der Waals surface area (Å²) in [4.78, 5) is 6.24. The van der Waals surface area contributed by atoms with Gasteiger partial charge in [-0.1, -0.05) is 17.7 Å². The van der Waals surface area contributed by atoms with Crippen molar-refractivity contribution >= 4 is 23.0 Å². The molecule has 1 heterocycles. The first kappa shape index (κ1) is 14.7. The molecule has 108 valence electrons. The number of hydrogen-bond donors (Lipinski definition) is 1. The Bertz CT molecular complexity index is 575. The summed E-state index contributed by atoms with van der Waals surface area (Å²) < 4.78 is 2.16. The van der Waals surface area contributed by atoms with E-state index in [1.54, 1.807) is 0 Å². The van der Waals surface area contributed by atoms with Gasteiger partial charge in [0.1, 0.15) is 0 Å². The van der Waals surface area contributed by atoms with Crippen LogP contribution in [0.25, 0.3) is 0 Å². The summed E-state index contributed by atoms with van der Waals surface area (Å²) in [5.74, 6) is 0. The fourth-order valence-corrected chi connectivity index (χ4v) is 2.58. The number of benzene rings is 1. The Labute approximate surface area is 125 Å². The van der Waals surface area contributed by atoms with Crippen molar-refractivity contribution in [3.05, 3.63) is 41.4 Å². The van der Waals surface area contributed by atoms with Gasteiger partial charge in [0.25, 0.3) is 0 Å². The largest absolute Gasteiger partial charge is 0.378 e. The zero-order valence-corrected chi connectivity index (χ0v) is 13.1. The molecule has 0 atom stereocenters. The highest BCUT2D eigenvalue weighted by atomic mass is 35.5. The average Bonchev–Trinajstić information content (AvgIpc) is 2.84. The van der Waals surface area contributed by atoms with E-state index in [0.717, 1.165) is 28.6 Å². The summed E-state index contributed by atoms with van der Waals surface area (Å²) in [7, 11) is 3.98. The molecular weight excluding hydrogens is 272 g/mol. The van der Waals surface area contributed by atoms with Gasteiger partial charge in [0.2, 0.25) is 0 Å². The summed E-state index contributed by atoms with van der Waals surface area (Å²) in [5, 5.41) is 4.19. The molecule has 0 amide bonds. The van der Waals surface area contributed by atoms with E-state index in [1.807, 2.05) is 49.7 Å². The number of nitrogens with zero attached hydrogens (tertiary/aromatic N) is 3. The molecule has 5 heteroatoms. The van der Waals surface area contributed by atoms with Gasteiger partial charge < -0.3 is 14.8 Å². The SMILES string of the molecule is CC(C)n1cncc1CNc1cccc(Cl)c1N(C)C. The van der Waals surface area contributed by atoms with Crippen molar-refractivity contribution in [1.82, 2.24) is 9.55 Å². The van der Waals surface area contributed by atoms with E-state index in [0.29, 0.717) is 6.04 Å². The van der Waals surface area contributed by atoms with Gasteiger partial charge in [-0.2, -0.15) is 0 Å². The van der Waals surface area contributed by atoms with E-state index >= 15 is 0 Å². The Kier molecular flexibility index (Phi) is 4.55. The number of hydrogen-bond acceptors (Lipinski definition) is 3. The van der Waals surface area contributed by atoms with E-state index in [9.17, 15) is 0 Å². The third-order valence-corrected chi connectivity index (χ3v) is 3.50. The number of rotatable bonds is 5. The second-order valence-corrected chi connectivity index (χ2v) is 5.68. The quantitative estimate of drug-likeness (QED) is 0.910. The highest BCUT2D eigenvalue weighted by molar-refractivity contribution is 6.34. The Morgan fingerprint density at radius 1 is 1.35 bits per heavy atom. The lowest BCUT2D eigenvalue weighted by atomic mass is 10.2. The Morgan fingerprint density at radius 2 is 2.10 bits per heavy atom. The lowest BCUT2D eigenvalue weighted by Gasteiger charge is -2.20. The van der Waals surface area contributed by atoms with Crippen molar-refractivity contribution in [2.24, 2.45) is 0 Å². The number of halogens is 1. The molecule has 0 fully saturated rings. The van der Waals surface area contributed by atoms with E-state index in [2.05, 4.69) is 28.7 Å². The molecule has 2 rings (SSSR count). The van der Waals surface area contributed by atoms with Crippen molar-refractivity contribution in [1.29, 1.82) is 0 Å². The molecule has 4 nitrogen and oxygen atoms in total. The maximum absolute atomic E-state index is 6.27. The number of aromatic nitrogens is 2. The van der Waals surface area contributed by atoms with Gasteiger partial charge in [0, 0.05) is 26.3 Å². The smallest absolute Gasteiger partial charge is 0.0951 e. The average molecular weight is 293 g/mol. The zero-order chi connectivity index (χ0) is 14.7. The van der Waals surface area contributed by atoms with Crippen molar-refractivity contribution in [2.45, 2.75) is 26.4 Å². The molecule has 0 saturated carbocycles. The number of para-hydroxylation sites is 1. The highest BCUT2D eigenvalue weighted by Crippen LogP contribution is 2.32. The third kappa shape index (κ3) is 3.07. The summed E-state index contributed by atoms with van der Waals surface area (Å²) in [6.07, 6.45) is 3.76. The number of anilines is 2. The fraction of sp³-hybridized carbons (Fsp3) is 0.400. The van der Waals surface area contributed by atoms with Crippen LogP contribution < -0.4 is 10.2 Å². The molecule has 0 saturated heterocycles. The zero-order valence-electron chi connectivity index (χ0n) is 12.4. The minimum absolute atomic E-state index is 0.405. The topological polar surface area (TPSA) is 33.1 Å². The van der Waals surface area contributed by atoms with Crippen LogP contribution in [0.4, 0.5) is 11.4 Å². The van der Waals surface area contributed by atoms with Crippen molar-refractivity contribution < 1.29 is 0 Å². The van der Waals surface area contributed by atoms with Crippen LogP contribution in [0.15, 0.2) is 30.7 Å². The molecule has 0 aliphatic heterocycles. The molecular formula is C15H21ClN4. The van der Waals surface area contributed by atoms with Gasteiger partial charge in [0.15, 0.2) is 0 Å². The highest BCUT2D eigenvalue weighted by Gasteiger charge is 2.10. The molecule has 0 spiro atoms. The van der Waals surface area contributed by atoms with Crippen LogP contribution in [-0.4, -0.2) is 23.6 Å². The summed E-state index contributed by atoms with van der Waals surface area (Å²) in [5.41, 5.74) is 3.19. The minimum Gasteiger partial charge on any atom is -0.378 e. The fourth-order valence-electron chi connectivity index (χ4n) is 2.23. The van der Waals surface area contributed by atoms with Crippen LogP contribution in [0.1, 0.15) is 25.6 Å². The molecule has 1 N–H and O–H groups in total. The molecule has 0 bridgehead atoms. The minimum atomic E-state index is 0.405. The summed E-state index contributed by atoms with van der Waals surface area (Å²) in [6, 6.07) is 6.30. The number of imidazole rings is 1. The van der Waals surface area contributed by atoms with Gasteiger partial charge >= 0.3 is 0 Å². The molecule has 20 heavy (non-hydrogen) atoms. The van der Waals surface area contributed by atoms with Crippen molar-refractivity contribution in [3.8, 4) is 0 Å². The van der Waals surface area contributed by atoms with E-state index in [1.165, 1.54) is 0 Å². The van der Waals surface area contributed by atoms with Gasteiger partial charge in [-0.15, -0.1) is 0 Å². The standard InChI is InChI=1S/C15H21ClN4/c1-11(2)20-10-17-8-12(20)9-18-14-7-5-6-13(16)15(14)19(3)4/h5-8,10-11,18H,9H2,1-4H3. The van der Waals surface area contributed by atoms with Crippen LogP contribution in [0, 0.1) is 0 Å². The molecule has 0 aliphatic carbocycles. The van der Waals surface area contributed by atoms with Crippen LogP contribution in [0.3, 0.4) is 0 Å². The molecule has 0 radical (unpaired) electrons. The lowest BCUT2D eigenvalue weighted by Crippen LogP contribution is -2.14. The monoisotopic (exact) mass is 292 g/mol. The Morgan fingerprint density at radius 3 is 2.75 bits per heavy atom. The van der Waals surface area contributed by atoms with E-state index in [-0.39, 0.29) is 0 Å². The van der Waals surface area contributed by atoms with Gasteiger partial charge in [0.05, 0.1) is 35.0 Å². The van der Waals surface area contributed by atoms with Crippen LogP contribution in [0.5, 0.6) is 0 Å². The molecule has 2 aromatic rings. The molecule has 1 aromatic carbocycles. The van der Waals surface area contributed by atoms with Gasteiger partial charge in [-0.25, -0.2) is 4.98 Å². The normalized spacial score (nSPS) is 10.9. The maximum Gasteiger partial charge on any atom is 0.0951 e. The second kappa shape index (κ2) is 6.18. The summed E-state index contributed by atoms with van der Waals surface area (Å²) >= 11 is 6.27. The van der Waals surface area contributed by atoms with E-state index in [4.69, 9.17) is 11.6 Å². The molecule has 1 aromatic heterocycles. The molecule has 0 unspecified atom stereocenters. The first-order chi connectivity index (χ1) is 9.50. The van der Waals surface area contributed by atoms with Crippen LogP contribution in [-0.2, 0) is 6.54 Å². The predicted molar refractivity (Wildman–Crippen MR) is 85.7 cm³/mol. The van der Waals surface area contributed by atoms with Gasteiger partial charge in [-0.05, 0) is 26.0 Å².